The number of para-hydroxylation sites is 1. The van der Waals surface area contributed by atoms with Crippen molar-refractivity contribution < 1.29 is 9.59 Å². The maximum atomic E-state index is 12.8. The molecule has 0 radical (unpaired) electrons. The van der Waals surface area contributed by atoms with Crippen LogP contribution in [0.2, 0.25) is 0 Å². The minimum Gasteiger partial charge on any atom is -0.342 e. The Morgan fingerprint density at radius 2 is 1.77 bits per heavy atom. The summed E-state index contributed by atoms with van der Waals surface area (Å²) in [5.41, 5.74) is 3.24. The van der Waals surface area contributed by atoms with Crippen molar-refractivity contribution in [1.29, 1.82) is 0 Å². The Morgan fingerprint density at radius 3 is 2.31 bits per heavy atom. The second-order valence-corrected chi connectivity index (χ2v) is 7.80. The van der Waals surface area contributed by atoms with Crippen molar-refractivity contribution in [2.45, 2.75) is 66.2 Å². The van der Waals surface area contributed by atoms with E-state index < -0.39 is 0 Å². The Balaban J connectivity index is 1.99. The first-order chi connectivity index (χ1) is 12.4. The third-order valence-corrected chi connectivity index (χ3v) is 5.69. The number of amides is 2. The van der Waals surface area contributed by atoms with Crippen molar-refractivity contribution in [2.24, 2.45) is 11.8 Å². The number of hydrogen-bond donors (Lipinski definition) is 1. The third-order valence-electron chi connectivity index (χ3n) is 5.69. The monoisotopic (exact) mass is 358 g/mol. The van der Waals surface area contributed by atoms with E-state index in [1.54, 1.807) is 0 Å². The lowest BCUT2D eigenvalue weighted by molar-refractivity contribution is -0.138. The first-order valence-corrected chi connectivity index (χ1v) is 10.1. The molecule has 1 saturated heterocycles. The molecule has 4 heteroatoms. The number of carbonyl (C=O) groups is 2. The lowest BCUT2D eigenvalue weighted by atomic mass is 9.92. The van der Waals surface area contributed by atoms with Gasteiger partial charge in [0.2, 0.25) is 11.8 Å². The normalized spacial score (nSPS) is 15.6. The second kappa shape index (κ2) is 9.20. The van der Waals surface area contributed by atoms with E-state index in [-0.39, 0.29) is 23.7 Å². The molecule has 0 spiro atoms. The summed E-state index contributed by atoms with van der Waals surface area (Å²) in [6.07, 6.45) is 3.28. The van der Waals surface area contributed by atoms with Crippen LogP contribution in [0.3, 0.4) is 0 Å². The van der Waals surface area contributed by atoms with Crippen molar-refractivity contribution in [3.05, 3.63) is 29.3 Å². The summed E-state index contributed by atoms with van der Waals surface area (Å²) >= 11 is 0. The molecule has 1 aromatic carbocycles. The number of likely N-dealkylation sites (tertiary alicyclic amines) is 1. The van der Waals surface area contributed by atoms with Gasteiger partial charge in [-0.25, -0.2) is 0 Å². The van der Waals surface area contributed by atoms with Crippen LogP contribution in [0.25, 0.3) is 0 Å². The quantitative estimate of drug-likeness (QED) is 0.799. The van der Waals surface area contributed by atoms with Gasteiger partial charge in [-0.2, -0.15) is 0 Å². The molecule has 1 heterocycles. The Morgan fingerprint density at radius 1 is 1.15 bits per heavy atom. The van der Waals surface area contributed by atoms with Crippen molar-refractivity contribution in [3.63, 3.8) is 0 Å². The summed E-state index contributed by atoms with van der Waals surface area (Å²) < 4.78 is 0. The van der Waals surface area contributed by atoms with Gasteiger partial charge in [0.15, 0.2) is 0 Å². The number of rotatable bonds is 6. The molecule has 1 aliphatic heterocycles. The molecule has 0 aromatic heterocycles. The van der Waals surface area contributed by atoms with E-state index in [0.29, 0.717) is 19.0 Å². The van der Waals surface area contributed by atoms with Gasteiger partial charge in [-0.15, -0.1) is 0 Å². The van der Waals surface area contributed by atoms with Crippen LogP contribution in [0.5, 0.6) is 0 Å². The molecule has 0 atom stereocenters. The lowest BCUT2D eigenvalue weighted by Gasteiger charge is -2.33. The molecule has 1 aromatic rings. The first kappa shape index (κ1) is 20.5. The van der Waals surface area contributed by atoms with Gasteiger partial charge in [-0.3, -0.25) is 9.59 Å². The standard InChI is InChI=1S/C22H34N2O2/c1-6-17(7-2)22(26)24-13-11-18(12-14-24)21(25)23-20-16(5)9-8-10-19(20)15(3)4/h8-10,15,17-18H,6-7,11-14H2,1-5H3,(H,23,25). The summed E-state index contributed by atoms with van der Waals surface area (Å²) in [5, 5.41) is 3.18. The maximum absolute atomic E-state index is 12.8. The van der Waals surface area contributed by atoms with Gasteiger partial charge in [0.05, 0.1) is 0 Å². The van der Waals surface area contributed by atoms with Crippen LogP contribution in [0, 0.1) is 18.8 Å². The minimum absolute atomic E-state index is 0.0135. The van der Waals surface area contributed by atoms with Gasteiger partial charge in [0.1, 0.15) is 0 Å². The van der Waals surface area contributed by atoms with Crippen LogP contribution in [-0.2, 0) is 9.59 Å². The fraction of sp³-hybridized carbons (Fsp3) is 0.636. The van der Waals surface area contributed by atoms with Crippen LogP contribution in [0.15, 0.2) is 18.2 Å². The van der Waals surface area contributed by atoms with Crippen LogP contribution < -0.4 is 5.32 Å². The number of benzene rings is 1. The van der Waals surface area contributed by atoms with Gasteiger partial charge in [-0.05, 0) is 49.7 Å². The first-order valence-electron chi connectivity index (χ1n) is 10.1. The van der Waals surface area contributed by atoms with E-state index >= 15 is 0 Å². The van der Waals surface area contributed by atoms with E-state index in [2.05, 4.69) is 39.1 Å². The third kappa shape index (κ3) is 4.66. The molecule has 2 rings (SSSR count). The summed E-state index contributed by atoms with van der Waals surface area (Å²) in [4.78, 5) is 27.3. The molecule has 0 bridgehead atoms. The molecule has 0 unspecified atom stereocenters. The average molecular weight is 359 g/mol. The predicted molar refractivity (Wildman–Crippen MR) is 107 cm³/mol. The van der Waals surface area contributed by atoms with E-state index in [4.69, 9.17) is 0 Å². The zero-order chi connectivity index (χ0) is 19.3. The van der Waals surface area contributed by atoms with Gasteiger partial charge >= 0.3 is 0 Å². The Hall–Kier alpha value is -1.84. The molecule has 26 heavy (non-hydrogen) atoms. The number of piperidine rings is 1. The van der Waals surface area contributed by atoms with E-state index in [0.717, 1.165) is 36.9 Å². The molecular weight excluding hydrogens is 324 g/mol. The number of carbonyl (C=O) groups excluding carboxylic acids is 2. The summed E-state index contributed by atoms with van der Waals surface area (Å²) in [5.74, 6) is 0.830. The molecule has 2 amide bonds. The zero-order valence-corrected chi connectivity index (χ0v) is 17.0. The maximum Gasteiger partial charge on any atom is 0.227 e. The number of hydrogen-bond acceptors (Lipinski definition) is 2. The highest BCUT2D eigenvalue weighted by Gasteiger charge is 2.30. The zero-order valence-electron chi connectivity index (χ0n) is 17.0. The highest BCUT2D eigenvalue weighted by Crippen LogP contribution is 2.29. The largest absolute Gasteiger partial charge is 0.342 e. The molecule has 1 N–H and O–H groups in total. The van der Waals surface area contributed by atoms with Crippen molar-refractivity contribution in [1.82, 2.24) is 4.90 Å². The van der Waals surface area contributed by atoms with Crippen LogP contribution >= 0.6 is 0 Å². The summed E-state index contributed by atoms with van der Waals surface area (Å²) in [7, 11) is 0. The molecule has 1 fully saturated rings. The van der Waals surface area contributed by atoms with E-state index in [1.807, 2.05) is 24.0 Å². The van der Waals surface area contributed by atoms with E-state index in [9.17, 15) is 9.59 Å². The Bertz CT molecular complexity index is 627. The van der Waals surface area contributed by atoms with Crippen molar-refractivity contribution in [3.8, 4) is 0 Å². The number of nitrogens with one attached hydrogen (secondary N) is 1. The topological polar surface area (TPSA) is 49.4 Å². The molecule has 144 valence electrons. The summed E-state index contributed by atoms with van der Waals surface area (Å²) in [6, 6.07) is 6.17. The van der Waals surface area contributed by atoms with Crippen LogP contribution in [0.4, 0.5) is 5.69 Å². The fourth-order valence-electron chi connectivity index (χ4n) is 3.83. The highest BCUT2D eigenvalue weighted by molar-refractivity contribution is 5.94. The molecule has 0 aliphatic carbocycles. The predicted octanol–water partition coefficient (Wildman–Crippen LogP) is 4.73. The van der Waals surface area contributed by atoms with Crippen molar-refractivity contribution in [2.75, 3.05) is 18.4 Å². The number of nitrogens with zero attached hydrogens (tertiary/aromatic N) is 1. The van der Waals surface area contributed by atoms with Crippen molar-refractivity contribution >= 4 is 17.5 Å². The average Bonchev–Trinajstić information content (AvgIpc) is 2.64. The lowest BCUT2D eigenvalue weighted by Crippen LogP contribution is -2.43. The van der Waals surface area contributed by atoms with Gasteiger partial charge in [0, 0.05) is 30.6 Å². The Labute approximate surface area is 158 Å². The van der Waals surface area contributed by atoms with Crippen LogP contribution in [0.1, 0.15) is 70.4 Å². The SMILES string of the molecule is CCC(CC)C(=O)N1CCC(C(=O)Nc2c(C)cccc2C(C)C)CC1. The molecule has 0 saturated carbocycles. The minimum atomic E-state index is -0.0135. The second-order valence-electron chi connectivity index (χ2n) is 7.80. The van der Waals surface area contributed by atoms with Gasteiger partial charge in [0.25, 0.3) is 0 Å². The summed E-state index contributed by atoms with van der Waals surface area (Å²) in [6.45, 7) is 11.9. The molecular formula is C22H34N2O2. The van der Waals surface area contributed by atoms with Crippen LogP contribution in [-0.4, -0.2) is 29.8 Å². The smallest absolute Gasteiger partial charge is 0.227 e. The van der Waals surface area contributed by atoms with Gasteiger partial charge < -0.3 is 10.2 Å². The number of anilines is 1. The van der Waals surface area contributed by atoms with E-state index in [1.165, 1.54) is 5.56 Å². The molecule has 1 aliphatic rings. The number of aryl methyl sites for hydroxylation is 1. The van der Waals surface area contributed by atoms with Gasteiger partial charge in [-0.1, -0.05) is 45.9 Å². The molecule has 4 nitrogen and oxygen atoms in total. The fourth-order valence-corrected chi connectivity index (χ4v) is 3.83. The Kier molecular flexibility index (Phi) is 7.24. The highest BCUT2D eigenvalue weighted by atomic mass is 16.2.